The minimum absolute atomic E-state index is 0.202. The molecular formula is C23H20N4O3S. The minimum atomic E-state index is -0.202. The molecule has 0 radical (unpaired) electrons. The van der Waals surface area contributed by atoms with Gasteiger partial charge in [-0.2, -0.15) is 4.98 Å². The van der Waals surface area contributed by atoms with E-state index in [9.17, 15) is 4.79 Å². The second-order valence-corrected chi connectivity index (χ2v) is 7.63. The first-order chi connectivity index (χ1) is 15.2. The molecule has 0 bridgehead atoms. The van der Waals surface area contributed by atoms with Gasteiger partial charge in [0.1, 0.15) is 12.4 Å². The van der Waals surface area contributed by atoms with Crippen LogP contribution >= 0.6 is 11.8 Å². The molecule has 1 N–H and O–H groups in total. The molecule has 0 aliphatic carbocycles. The Labute approximate surface area is 183 Å². The number of anilines is 1. The number of nitrogens with zero attached hydrogens (tertiary/aromatic N) is 3. The Balaban J connectivity index is 1.41. The van der Waals surface area contributed by atoms with E-state index in [2.05, 4.69) is 20.4 Å². The second kappa shape index (κ2) is 9.90. The number of aryl methyl sites for hydroxylation is 1. The third-order valence-corrected chi connectivity index (χ3v) is 5.32. The van der Waals surface area contributed by atoms with Gasteiger partial charge in [-0.05, 0) is 43.3 Å². The Morgan fingerprint density at radius 3 is 2.77 bits per heavy atom. The molecule has 0 spiro atoms. The van der Waals surface area contributed by atoms with E-state index < -0.39 is 0 Å². The van der Waals surface area contributed by atoms with Crippen molar-refractivity contribution in [2.45, 2.75) is 24.2 Å². The van der Waals surface area contributed by atoms with Gasteiger partial charge in [-0.15, -0.1) is 11.8 Å². The van der Waals surface area contributed by atoms with Crippen LogP contribution in [0.3, 0.4) is 0 Å². The zero-order chi connectivity index (χ0) is 21.5. The molecule has 0 atom stereocenters. The second-order valence-electron chi connectivity index (χ2n) is 6.61. The molecule has 0 fully saturated rings. The van der Waals surface area contributed by atoms with Gasteiger partial charge in [0.25, 0.3) is 5.91 Å². The molecule has 0 unspecified atom stereocenters. The standard InChI is InChI=1S/C23H20N4O3S/c1-16-25-22(30-27-16)15-31-21-11-3-2-10-20(21)23(28)26-17-8-6-9-19(13-17)29-14-18-7-4-5-12-24-18/h2-13H,14-15H2,1H3,(H,26,28). The van der Waals surface area contributed by atoms with Crippen molar-refractivity contribution in [3.05, 3.63) is 95.9 Å². The van der Waals surface area contributed by atoms with E-state index in [1.165, 1.54) is 11.8 Å². The summed E-state index contributed by atoms with van der Waals surface area (Å²) in [6.07, 6.45) is 1.73. The Morgan fingerprint density at radius 1 is 1.10 bits per heavy atom. The van der Waals surface area contributed by atoms with Gasteiger partial charge in [-0.1, -0.05) is 29.4 Å². The van der Waals surface area contributed by atoms with Gasteiger partial charge in [0, 0.05) is 22.8 Å². The predicted molar refractivity (Wildman–Crippen MR) is 118 cm³/mol. The van der Waals surface area contributed by atoms with Crippen LogP contribution in [0.25, 0.3) is 0 Å². The fraction of sp³-hybridized carbons (Fsp3) is 0.130. The Morgan fingerprint density at radius 2 is 1.97 bits per heavy atom. The first-order valence-electron chi connectivity index (χ1n) is 9.62. The number of nitrogens with one attached hydrogen (secondary N) is 1. The van der Waals surface area contributed by atoms with Gasteiger partial charge in [-0.25, -0.2) is 0 Å². The number of pyridine rings is 1. The summed E-state index contributed by atoms with van der Waals surface area (Å²) in [5.41, 5.74) is 2.05. The molecule has 4 rings (SSSR count). The first-order valence-corrected chi connectivity index (χ1v) is 10.6. The lowest BCUT2D eigenvalue weighted by Gasteiger charge is -2.11. The lowest BCUT2D eigenvalue weighted by molar-refractivity contribution is 0.102. The highest BCUT2D eigenvalue weighted by Crippen LogP contribution is 2.27. The highest BCUT2D eigenvalue weighted by Gasteiger charge is 2.13. The van der Waals surface area contributed by atoms with Crippen LogP contribution < -0.4 is 10.1 Å². The average Bonchev–Trinajstić information content (AvgIpc) is 3.22. The van der Waals surface area contributed by atoms with E-state index >= 15 is 0 Å². The molecule has 0 saturated carbocycles. The largest absolute Gasteiger partial charge is 0.487 e. The van der Waals surface area contributed by atoms with Crippen LogP contribution in [0, 0.1) is 6.92 Å². The van der Waals surface area contributed by atoms with Crippen molar-refractivity contribution in [3.8, 4) is 5.75 Å². The van der Waals surface area contributed by atoms with E-state index in [1.54, 1.807) is 25.3 Å². The molecular weight excluding hydrogens is 412 g/mol. The predicted octanol–water partition coefficient (Wildman–Crippen LogP) is 4.90. The van der Waals surface area contributed by atoms with E-state index in [4.69, 9.17) is 9.26 Å². The quantitative estimate of drug-likeness (QED) is 0.396. The molecule has 0 aliphatic rings. The van der Waals surface area contributed by atoms with Crippen molar-refractivity contribution in [2.75, 3.05) is 5.32 Å². The number of aromatic nitrogens is 3. The van der Waals surface area contributed by atoms with Crippen LogP contribution in [0.4, 0.5) is 5.69 Å². The molecule has 0 saturated heterocycles. The SMILES string of the molecule is Cc1noc(CSc2ccccc2C(=O)Nc2cccc(OCc3ccccn3)c2)n1. The molecule has 1 amide bonds. The number of rotatable bonds is 8. The van der Waals surface area contributed by atoms with Crippen molar-refractivity contribution in [1.29, 1.82) is 0 Å². The Kier molecular flexibility index (Phi) is 6.59. The highest BCUT2D eigenvalue weighted by molar-refractivity contribution is 7.98. The number of hydrogen-bond acceptors (Lipinski definition) is 7. The summed E-state index contributed by atoms with van der Waals surface area (Å²) in [5.74, 6) is 2.05. The van der Waals surface area contributed by atoms with E-state index in [0.29, 0.717) is 41.1 Å². The maximum atomic E-state index is 12.9. The third-order valence-electron chi connectivity index (χ3n) is 4.26. The van der Waals surface area contributed by atoms with Crippen LogP contribution in [0.5, 0.6) is 5.75 Å². The number of benzene rings is 2. The van der Waals surface area contributed by atoms with Crippen molar-refractivity contribution in [2.24, 2.45) is 0 Å². The third kappa shape index (κ3) is 5.70. The van der Waals surface area contributed by atoms with Gasteiger partial charge in [0.2, 0.25) is 5.89 Å². The molecule has 2 aromatic carbocycles. The minimum Gasteiger partial charge on any atom is -0.487 e. The van der Waals surface area contributed by atoms with Gasteiger partial charge < -0.3 is 14.6 Å². The highest BCUT2D eigenvalue weighted by atomic mass is 32.2. The molecule has 2 heterocycles. The normalized spacial score (nSPS) is 10.6. The zero-order valence-electron chi connectivity index (χ0n) is 16.8. The molecule has 0 aliphatic heterocycles. The van der Waals surface area contributed by atoms with Crippen LogP contribution in [0.1, 0.15) is 27.8 Å². The lowest BCUT2D eigenvalue weighted by Crippen LogP contribution is -2.13. The fourth-order valence-electron chi connectivity index (χ4n) is 2.82. The van der Waals surface area contributed by atoms with Crippen LogP contribution in [-0.2, 0) is 12.4 Å². The maximum absolute atomic E-state index is 12.9. The first kappa shape index (κ1) is 20.6. The molecule has 2 aromatic heterocycles. The molecule has 31 heavy (non-hydrogen) atoms. The van der Waals surface area contributed by atoms with Crippen molar-refractivity contribution >= 4 is 23.4 Å². The van der Waals surface area contributed by atoms with E-state index in [0.717, 1.165) is 10.6 Å². The molecule has 156 valence electrons. The number of hydrogen-bond donors (Lipinski definition) is 1. The summed E-state index contributed by atoms with van der Waals surface area (Å²) in [6.45, 7) is 2.13. The van der Waals surface area contributed by atoms with Crippen molar-refractivity contribution < 1.29 is 14.1 Å². The van der Waals surface area contributed by atoms with E-state index in [1.807, 2.05) is 54.6 Å². The van der Waals surface area contributed by atoms with E-state index in [-0.39, 0.29) is 5.91 Å². The summed E-state index contributed by atoms with van der Waals surface area (Å²) in [4.78, 5) is 22.2. The summed E-state index contributed by atoms with van der Waals surface area (Å²) in [6, 6.07) is 20.4. The lowest BCUT2D eigenvalue weighted by atomic mass is 10.2. The number of amides is 1. The summed E-state index contributed by atoms with van der Waals surface area (Å²) in [5, 5.41) is 6.73. The van der Waals surface area contributed by atoms with Crippen molar-refractivity contribution in [1.82, 2.24) is 15.1 Å². The summed E-state index contributed by atoms with van der Waals surface area (Å²) in [7, 11) is 0. The molecule has 4 aromatic rings. The average molecular weight is 433 g/mol. The molecule has 7 nitrogen and oxygen atoms in total. The molecule has 8 heteroatoms. The number of thioether (sulfide) groups is 1. The fourth-order valence-corrected chi connectivity index (χ4v) is 3.71. The summed E-state index contributed by atoms with van der Waals surface area (Å²) < 4.78 is 10.9. The van der Waals surface area contributed by atoms with Crippen molar-refractivity contribution in [3.63, 3.8) is 0 Å². The van der Waals surface area contributed by atoms with Gasteiger partial charge in [-0.3, -0.25) is 9.78 Å². The summed E-state index contributed by atoms with van der Waals surface area (Å²) >= 11 is 1.47. The van der Waals surface area contributed by atoms with Crippen LogP contribution in [0.15, 0.2) is 82.3 Å². The van der Waals surface area contributed by atoms with Crippen LogP contribution in [0.2, 0.25) is 0 Å². The van der Waals surface area contributed by atoms with Gasteiger partial charge in [0.15, 0.2) is 5.82 Å². The zero-order valence-corrected chi connectivity index (χ0v) is 17.6. The van der Waals surface area contributed by atoms with Gasteiger partial charge >= 0.3 is 0 Å². The smallest absolute Gasteiger partial charge is 0.256 e. The number of carbonyl (C=O) groups excluding carboxylic acids is 1. The van der Waals surface area contributed by atoms with Crippen LogP contribution in [-0.4, -0.2) is 21.0 Å². The number of carbonyl (C=O) groups is 1. The maximum Gasteiger partial charge on any atom is 0.256 e. The Bertz CT molecular complexity index is 1160. The Hall–Kier alpha value is -3.65. The van der Waals surface area contributed by atoms with Gasteiger partial charge in [0.05, 0.1) is 17.0 Å². The topological polar surface area (TPSA) is 90.1 Å². The number of ether oxygens (including phenoxy) is 1. The monoisotopic (exact) mass is 432 g/mol.